The number of aliphatic hydroxyl groups excluding tert-OH is 2. The highest BCUT2D eigenvalue weighted by Crippen LogP contribution is 2.15. The second kappa shape index (κ2) is 24.1. The Kier molecular flexibility index (Phi) is 22.5. The van der Waals surface area contributed by atoms with Gasteiger partial charge in [-0.2, -0.15) is 0 Å². The highest BCUT2D eigenvalue weighted by molar-refractivity contribution is 5.92. The van der Waals surface area contributed by atoms with Crippen molar-refractivity contribution in [2.45, 2.75) is 170 Å². The van der Waals surface area contributed by atoms with Gasteiger partial charge in [-0.1, -0.05) is 82.1 Å². The fraction of sp³-hybridized carbons (Fsp3) is 0.838. The van der Waals surface area contributed by atoms with Crippen molar-refractivity contribution in [3.05, 3.63) is 0 Å². The largest absolute Gasteiger partial charge is 0.481 e. The summed E-state index contributed by atoms with van der Waals surface area (Å²) in [6.07, 6.45) is -0.0643. The Balaban J connectivity index is 5.56. The van der Waals surface area contributed by atoms with Gasteiger partial charge < -0.3 is 41.9 Å². The molecular formula is C37H69N5O9. The zero-order chi connectivity index (χ0) is 39.6. The van der Waals surface area contributed by atoms with Gasteiger partial charge in [0.25, 0.3) is 0 Å². The first-order valence-corrected chi connectivity index (χ1v) is 18.6. The number of aliphatic hydroxyl groups is 2. The van der Waals surface area contributed by atoms with E-state index >= 15 is 0 Å². The van der Waals surface area contributed by atoms with Crippen LogP contribution in [0.5, 0.6) is 0 Å². The highest BCUT2D eigenvalue weighted by Gasteiger charge is 2.34. The molecular weight excluding hydrogens is 658 g/mol. The van der Waals surface area contributed by atoms with Crippen molar-refractivity contribution in [3.8, 4) is 0 Å². The van der Waals surface area contributed by atoms with Gasteiger partial charge in [-0.15, -0.1) is 0 Å². The molecule has 0 heterocycles. The first-order valence-electron chi connectivity index (χ1n) is 18.6. The monoisotopic (exact) mass is 728 g/mol. The third-order valence-corrected chi connectivity index (χ3v) is 8.53. The summed E-state index contributed by atoms with van der Waals surface area (Å²) in [6, 6.07) is -4.61. The lowest BCUT2D eigenvalue weighted by Gasteiger charge is -2.31. The van der Waals surface area contributed by atoms with Crippen LogP contribution in [-0.4, -0.2) is 93.2 Å². The first-order chi connectivity index (χ1) is 23.5. The summed E-state index contributed by atoms with van der Waals surface area (Å²) in [5.74, 6) is -3.75. The van der Waals surface area contributed by atoms with E-state index in [0.717, 1.165) is 12.8 Å². The summed E-state index contributed by atoms with van der Waals surface area (Å²) in [5, 5.41) is 44.1. The Morgan fingerprint density at radius 3 is 1.41 bits per heavy atom. The Labute approximate surface area is 305 Å². The van der Waals surface area contributed by atoms with Crippen molar-refractivity contribution in [2.24, 2.45) is 29.6 Å². The highest BCUT2D eigenvalue weighted by atomic mass is 16.4. The van der Waals surface area contributed by atoms with E-state index < -0.39 is 84.9 Å². The van der Waals surface area contributed by atoms with Crippen LogP contribution in [-0.2, 0) is 28.8 Å². The molecule has 0 saturated heterocycles. The molecule has 0 aromatic carbocycles. The third kappa shape index (κ3) is 20.4. The predicted octanol–water partition coefficient (Wildman–Crippen LogP) is 2.64. The smallest absolute Gasteiger partial charge is 0.306 e. The van der Waals surface area contributed by atoms with Crippen molar-refractivity contribution >= 4 is 35.5 Å². The van der Waals surface area contributed by atoms with Gasteiger partial charge in [0.1, 0.15) is 18.1 Å². The van der Waals surface area contributed by atoms with Crippen molar-refractivity contribution in [1.29, 1.82) is 0 Å². The lowest BCUT2D eigenvalue weighted by atomic mass is 9.95. The van der Waals surface area contributed by atoms with Gasteiger partial charge in [-0.3, -0.25) is 28.8 Å². The number of carboxylic acids is 1. The summed E-state index contributed by atoms with van der Waals surface area (Å²) >= 11 is 0. The molecule has 14 nitrogen and oxygen atoms in total. The van der Waals surface area contributed by atoms with E-state index in [4.69, 9.17) is 5.11 Å². The molecule has 0 radical (unpaired) electrons. The number of rotatable bonds is 25. The Bertz CT molecular complexity index is 1110. The number of hydrogen-bond donors (Lipinski definition) is 8. The van der Waals surface area contributed by atoms with Gasteiger partial charge in [0.2, 0.25) is 29.5 Å². The van der Waals surface area contributed by atoms with Gasteiger partial charge >= 0.3 is 5.97 Å². The van der Waals surface area contributed by atoms with E-state index in [2.05, 4.69) is 40.4 Å². The first kappa shape index (κ1) is 47.7. The van der Waals surface area contributed by atoms with E-state index in [0.29, 0.717) is 31.6 Å². The SMILES string of the molecule is CC(C)CCCCC(=O)N[C@H](C(=O)N[C@H](C(=O)N[C@@H](CC(C)C)[C@@H](O)CC(=O)N[C@@H](C)C(=O)N[C@@H](CC(C)C)[C@@H](O)CC(=O)O)C(C)C)C(C)C. The molecule has 0 saturated carbocycles. The van der Waals surface area contributed by atoms with E-state index in [1.165, 1.54) is 6.92 Å². The van der Waals surface area contributed by atoms with Crippen LogP contribution in [0.15, 0.2) is 0 Å². The number of carboxylic acid groups (broad SMARTS) is 1. The third-order valence-electron chi connectivity index (χ3n) is 8.53. The number of aliphatic carboxylic acids is 1. The molecule has 0 fully saturated rings. The second-order valence-electron chi connectivity index (χ2n) is 15.9. The van der Waals surface area contributed by atoms with Crippen LogP contribution in [0.25, 0.3) is 0 Å². The molecule has 0 aliphatic carbocycles. The average Bonchev–Trinajstić information content (AvgIpc) is 2.98. The molecule has 0 aliphatic rings. The Morgan fingerprint density at radius 2 is 0.961 bits per heavy atom. The minimum atomic E-state index is -1.33. The number of unbranched alkanes of at least 4 members (excludes halogenated alkanes) is 1. The lowest BCUT2D eigenvalue weighted by Crippen LogP contribution is -2.59. The molecule has 0 aliphatic heterocycles. The molecule has 0 spiro atoms. The fourth-order valence-electron chi connectivity index (χ4n) is 5.64. The van der Waals surface area contributed by atoms with Crippen LogP contribution in [0.4, 0.5) is 0 Å². The molecule has 0 aromatic rings. The van der Waals surface area contributed by atoms with Crippen LogP contribution in [0.1, 0.15) is 128 Å². The molecule has 14 heteroatoms. The number of hydrogen-bond acceptors (Lipinski definition) is 8. The Morgan fingerprint density at radius 1 is 0.510 bits per heavy atom. The van der Waals surface area contributed by atoms with Crippen LogP contribution in [0, 0.1) is 29.6 Å². The molecule has 296 valence electrons. The normalized spacial score (nSPS) is 15.9. The second-order valence-corrected chi connectivity index (χ2v) is 15.9. The van der Waals surface area contributed by atoms with Gasteiger partial charge in [0.05, 0.1) is 37.1 Å². The maximum Gasteiger partial charge on any atom is 0.306 e. The summed E-state index contributed by atoms with van der Waals surface area (Å²) in [7, 11) is 0. The van der Waals surface area contributed by atoms with E-state index in [1.807, 2.05) is 41.5 Å². The van der Waals surface area contributed by atoms with Crippen molar-refractivity contribution < 1.29 is 44.1 Å². The zero-order valence-corrected chi connectivity index (χ0v) is 32.9. The standard InChI is InChI=1S/C37H69N5O9/c1-20(2)14-12-13-15-30(45)41-33(23(7)8)37(51)42-34(24(9)10)36(50)40-26(16-21(3)4)28(43)18-31(46)38-25(11)35(49)39-27(17-22(5)6)29(44)19-32(47)48/h20-29,33-34,43-44H,12-19H2,1-11H3,(H,38,46)(H,39,49)(H,40,50)(H,41,45)(H,42,51)(H,47,48)/t25-,26-,27-,28-,29-,33-,34-/m0/s1. The topological polar surface area (TPSA) is 223 Å². The average molecular weight is 728 g/mol. The summed E-state index contributed by atoms with van der Waals surface area (Å²) in [6.45, 7) is 20.3. The number of nitrogens with one attached hydrogen (secondary N) is 5. The summed E-state index contributed by atoms with van der Waals surface area (Å²) in [5.41, 5.74) is 0. The van der Waals surface area contributed by atoms with Crippen LogP contribution in [0.2, 0.25) is 0 Å². The van der Waals surface area contributed by atoms with E-state index in [1.54, 1.807) is 13.8 Å². The maximum absolute atomic E-state index is 13.6. The minimum Gasteiger partial charge on any atom is -0.481 e. The predicted molar refractivity (Wildman–Crippen MR) is 196 cm³/mol. The summed E-state index contributed by atoms with van der Waals surface area (Å²) in [4.78, 5) is 76.5. The van der Waals surface area contributed by atoms with Gasteiger partial charge in [0, 0.05) is 6.42 Å². The molecule has 0 aromatic heterocycles. The van der Waals surface area contributed by atoms with Crippen LogP contribution in [0.3, 0.4) is 0 Å². The molecule has 8 N–H and O–H groups in total. The van der Waals surface area contributed by atoms with E-state index in [9.17, 15) is 39.0 Å². The number of carbonyl (C=O) groups excluding carboxylic acids is 5. The number of amides is 5. The van der Waals surface area contributed by atoms with Gasteiger partial charge in [-0.25, -0.2) is 0 Å². The van der Waals surface area contributed by atoms with Gasteiger partial charge in [0.15, 0.2) is 0 Å². The van der Waals surface area contributed by atoms with Crippen molar-refractivity contribution in [2.75, 3.05) is 0 Å². The van der Waals surface area contributed by atoms with Crippen molar-refractivity contribution in [1.82, 2.24) is 26.6 Å². The Hall–Kier alpha value is -3.26. The van der Waals surface area contributed by atoms with Gasteiger partial charge in [-0.05, 0) is 55.8 Å². The zero-order valence-electron chi connectivity index (χ0n) is 32.9. The quantitative estimate of drug-likeness (QED) is 0.0647. The molecule has 7 atom stereocenters. The fourth-order valence-corrected chi connectivity index (χ4v) is 5.64. The van der Waals surface area contributed by atoms with Crippen LogP contribution < -0.4 is 26.6 Å². The maximum atomic E-state index is 13.6. The molecule has 0 bridgehead atoms. The number of carbonyl (C=O) groups is 6. The van der Waals surface area contributed by atoms with Crippen LogP contribution >= 0.6 is 0 Å². The molecule has 0 unspecified atom stereocenters. The lowest BCUT2D eigenvalue weighted by molar-refractivity contribution is -0.140. The van der Waals surface area contributed by atoms with Crippen molar-refractivity contribution in [3.63, 3.8) is 0 Å². The summed E-state index contributed by atoms with van der Waals surface area (Å²) < 4.78 is 0. The molecule has 0 rings (SSSR count). The molecule has 5 amide bonds. The molecule has 51 heavy (non-hydrogen) atoms. The van der Waals surface area contributed by atoms with E-state index in [-0.39, 0.29) is 29.6 Å². The minimum absolute atomic E-state index is 0.0148.